The molecule has 116 valence electrons. The molecule has 1 heterocycles. The van der Waals surface area contributed by atoms with Crippen LogP contribution in [0.4, 0.5) is 0 Å². The first-order valence-corrected chi connectivity index (χ1v) is 6.57. The first-order chi connectivity index (χ1) is 10.4. The van der Waals surface area contributed by atoms with Gasteiger partial charge < -0.3 is 9.47 Å². The molecule has 0 amide bonds. The first kappa shape index (κ1) is 15.7. The summed E-state index contributed by atoms with van der Waals surface area (Å²) in [7, 11) is 1.13. The molecule has 0 radical (unpaired) electrons. The van der Waals surface area contributed by atoms with Gasteiger partial charge in [-0.05, 0) is 5.56 Å². The molecule has 0 bridgehead atoms. The van der Waals surface area contributed by atoms with Crippen molar-refractivity contribution in [2.45, 2.75) is 12.3 Å². The molecule has 0 N–H and O–H groups in total. The third-order valence-corrected chi connectivity index (χ3v) is 3.76. The largest absolute Gasteiger partial charge is 0.468 e. The topological polar surface area (TPSA) is 95.7 Å². The van der Waals surface area contributed by atoms with Gasteiger partial charge in [-0.2, -0.15) is 0 Å². The van der Waals surface area contributed by atoms with Gasteiger partial charge in [-0.15, -0.1) is 0 Å². The fourth-order valence-corrected chi connectivity index (χ4v) is 2.77. The third kappa shape index (κ3) is 2.57. The Labute approximate surface area is 126 Å². The van der Waals surface area contributed by atoms with Gasteiger partial charge in [0.2, 0.25) is 6.54 Å². The molecule has 1 aromatic carbocycles. The van der Waals surface area contributed by atoms with E-state index in [0.717, 1.165) is 7.11 Å². The number of methoxy groups -OCH3 is 1. The van der Waals surface area contributed by atoms with Crippen LogP contribution in [0.3, 0.4) is 0 Å². The smallest absolute Gasteiger partial charge is 0.329 e. The Balaban J connectivity index is 2.59. The summed E-state index contributed by atoms with van der Waals surface area (Å²) >= 11 is 0. The molecule has 1 fully saturated rings. The second-order valence-corrected chi connectivity index (χ2v) is 5.05. The lowest BCUT2D eigenvalue weighted by Gasteiger charge is -2.28. The molecule has 7 nitrogen and oxygen atoms in total. The highest BCUT2D eigenvalue weighted by Crippen LogP contribution is 2.48. The van der Waals surface area contributed by atoms with Crippen molar-refractivity contribution in [1.82, 2.24) is 0 Å². The maximum absolute atomic E-state index is 12.3. The molecule has 2 rings (SSSR count). The third-order valence-electron chi connectivity index (χ3n) is 3.76. The van der Waals surface area contributed by atoms with E-state index in [2.05, 4.69) is 6.58 Å². The Morgan fingerprint density at radius 3 is 2.59 bits per heavy atom. The van der Waals surface area contributed by atoms with E-state index in [4.69, 9.17) is 9.47 Å². The fourth-order valence-electron chi connectivity index (χ4n) is 2.77. The molecule has 1 saturated heterocycles. The van der Waals surface area contributed by atoms with Gasteiger partial charge in [0, 0.05) is 11.3 Å². The van der Waals surface area contributed by atoms with Gasteiger partial charge >= 0.3 is 11.9 Å². The van der Waals surface area contributed by atoms with Crippen molar-refractivity contribution in [2.75, 3.05) is 13.7 Å². The molecule has 1 aliphatic heterocycles. The fraction of sp³-hybridized carbons (Fsp3) is 0.333. The molecule has 2 atom stereocenters. The van der Waals surface area contributed by atoms with Crippen LogP contribution in [0.2, 0.25) is 0 Å². The molecule has 0 aromatic heterocycles. The van der Waals surface area contributed by atoms with Gasteiger partial charge in [0.25, 0.3) is 0 Å². The minimum Gasteiger partial charge on any atom is -0.468 e. The number of ether oxygens (including phenoxy) is 2. The first-order valence-electron chi connectivity index (χ1n) is 6.57. The zero-order chi connectivity index (χ0) is 16.3. The summed E-state index contributed by atoms with van der Waals surface area (Å²) in [4.78, 5) is 35.1. The van der Waals surface area contributed by atoms with Crippen LogP contribution >= 0.6 is 0 Å². The van der Waals surface area contributed by atoms with Gasteiger partial charge in [-0.1, -0.05) is 36.9 Å². The summed E-state index contributed by atoms with van der Waals surface area (Å²) in [5, 5.41) is 11.1. The maximum Gasteiger partial charge on any atom is 0.329 e. The van der Waals surface area contributed by atoms with E-state index >= 15 is 0 Å². The van der Waals surface area contributed by atoms with Crippen LogP contribution in [0.5, 0.6) is 0 Å². The number of esters is 2. The summed E-state index contributed by atoms with van der Waals surface area (Å²) in [6.07, 6.45) is -0.133. The number of nitro groups is 1. The van der Waals surface area contributed by atoms with Gasteiger partial charge in [-0.25, -0.2) is 0 Å². The molecular formula is C15H15NO6. The van der Waals surface area contributed by atoms with Crippen molar-refractivity contribution in [3.63, 3.8) is 0 Å². The SMILES string of the molecule is C=C1CC(C(=O)OC)(C(C[N+](=O)[O-])c2ccccc2)C(=O)O1. The standard InChI is InChI=1S/C15H15NO6/c1-10-8-15(13(17)21-2,14(18)22-10)12(9-16(19)20)11-6-4-3-5-7-11/h3-7,12H,1,8-9H2,2H3. The number of carbonyl (C=O) groups is 2. The van der Waals surface area contributed by atoms with Gasteiger partial charge in [0.05, 0.1) is 13.0 Å². The zero-order valence-electron chi connectivity index (χ0n) is 12.0. The summed E-state index contributed by atoms with van der Waals surface area (Å²) in [5.74, 6) is -2.62. The van der Waals surface area contributed by atoms with E-state index < -0.39 is 34.7 Å². The molecule has 7 heteroatoms. The lowest BCUT2D eigenvalue weighted by atomic mass is 9.70. The van der Waals surface area contributed by atoms with Crippen molar-refractivity contribution in [3.8, 4) is 0 Å². The van der Waals surface area contributed by atoms with E-state index in [1.165, 1.54) is 0 Å². The Morgan fingerprint density at radius 2 is 2.14 bits per heavy atom. The molecule has 22 heavy (non-hydrogen) atoms. The van der Waals surface area contributed by atoms with Crippen LogP contribution in [0, 0.1) is 15.5 Å². The average molecular weight is 305 g/mol. The number of rotatable bonds is 5. The quantitative estimate of drug-likeness (QED) is 0.355. The number of carbonyl (C=O) groups excluding carboxylic acids is 2. The Morgan fingerprint density at radius 1 is 1.50 bits per heavy atom. The second-order valence-electron chi connectivity index (χ2n) is 5.05. The van der Waals surface area contributed by atoms with E-state index in [9.17, 15) is 19.7 Å². The average Bonchev–Trinajstić information content (AvgIpc) is 2.80. The van der Waals surface area contributed by atoms with E-state index in [1.54, 1.807) is 30.3 Å². The Hall–Kier alpha value is -2.70. The predicted molar refractivity (Wildman–Crippen MR) is 75.3 cm³/mol. The number of hydrogen-bond acceptors (Lipinski definition) is 6. The Kier molecular flexibility index (Phi) is 4.25. The minimum absolute atomic E-state index is 0.0969. The highest BCUT2D eigenvalue weighted by molar-refractivity contribution is 6.03. The normalized spacial score (nSPS) is 22.0. The molecule has 1 aromatic rings. The van der Waals surface area contributed by atoms with Crippen molar-refractivity contribution in [2.24, 2.45) is 5.41 Å². The van der Waals surface area contributed by atoms with Crippen LogP contribution in [0.1, 0.15) is 17.9 Å². The Bertz CT molecular complexity index is 626. The summed E-state index contributed by atoms with van der Waals surface area (Å²) in [6, 6.07) is 8.37. The lowest BCUT2D eigenvalue weighted by Crippen LogP contribution is -2.44. The van der Waals surface area contributed by atoms with Crippen LogP contribution in [-0.4, -0.2) is 30.5 Å². The number of nitrogens with zero attached hydrogens (tertiary/aromatic N) is 1. The van der Waals surface area contributed by atoms with Crippen LogP contribution in [-0.2, 0) is 19.1 Å². The molecule has 0 aliphatic carbocycles. The molecular weight excluding hydrogens is 290 g/mol. The number of allylic oxidation sites excluding steroid dienone is 1. The molecule has 0 spiro atoms. The maximum atomic E-state index is 12.3. The minimum atomic E-state index is -1.78. The van der Waals surface area contributed by atoms with Crippen molar-refractivity contribution in [1.29, 1.82) is 0 Å². The lowest BCUT2D eigenvalue weighted by molar-refractivity contribution is -0.485. The highest BCUT2D eigenvalue weighted by atomic mass is 16.6. The van der Waals surface area contributed by atoms with Crippen molar-refractivity contribution in [3.05, 3.63) is 58.3 Å². The van der Waals surface area contributed by atoms with Gasteiger partial charge in [-0.3, -0.25) is 19.7 Å². The van der Waals surface area contributed by atoms with Crippen molar-refractivity contribution < 1.29 is 24.0 Å². The van der Waals surface area contributed by atoms with Gasteiger partial charge in [0.1, 0.15) is 5.76 Å². The number of hydrogen-bond donors (Lipinski definition) is 0. The number of cyclic esters (lactones) is 1. The zero-order valence-corrected chi connectivity index (χ0v) is 12.0. The van der Waals surface area contributed by atoms with Crippen LogP contribution in [0.15, 0.2) is 42.7 Å². The second kappa shape index (κ2) is 5.97. The van der Waals surface area contributed by atoms with Crippen LogP contribution < -0.4 is 0 Å². The van der Waals surface area contributed by atoms with Crippen molar-refractivity contribution >= 4 is 11.9 Å². The van der Waals surface area contributed by atoms with E-state index in [-0.39, 0.29) is 12.2 Å². The van der Waals surface area contributed by atoms with E-state index in [0.29, 0.717) is 5.56 Å². The number of benzene rings is 1. The summed E-state index contributed by atoms with van der Waals surface area (Å²) < 4.78 is 9.66. The highest BCUT2D eigenvalue weighted by Gasteiger charge is 2.61. The molecule has 2 unspecified atom stereocenters. The van der Waals surface area contributed by atoms with Crippen LogP contribution in [0.25, 0.3) is 0 Å². The molecule has 0 saturated carbocycles. The van der Waals surface area contributed by atoms with E-state index in [1.807, 2.05) is 0 Å². The predicted octanol–water partition coefficient (Wildman–Crippen LogP) is 1.67. The van der Waals surface area contributed by atoms with Gasteiger partial charge in [0.15, 0.2) is 5.41 Å². The summed E-state index contributed by atoms with van der Waals surface area (Å²) in [5.41, 5.74) is -1.28. The summed E-state index contributed by atoms with van der Waals surface area (Å²) in [6.45, 7) is 2.96. The molecule has 1 aliphatic rings. The monoisotopic (exact) mass is 305 g/mol.